The molecule has 107 heavy (non-hydrogen) atoms. The maximum Gasteiger partial charge on any atom is 0.330 e. The zero-order valence-corrected chi connectivity index (χ0v) is 62.7. The van der Waals surface area contributed by atoms with E-state index in [1.54, 1.807) is 0 Å². The summed E-state index contributed by atoms with van der Waals surface area (Å²) in [6, 6.07) is 41.9. The van der Waals surface area contributed by atoms with Crippen molar-refractivity contribution in [2.75, 3.05) is 33.0 Å². The molecule has 2 fully saturated rings. The molecule has 2 aliphatic heterocycles. The Morgan fingerprint density at radius 3 is 1.42 bits per heavy atom. The van der Waals surface area contributed by atoms with Crippen molar-refractivity contribution < 1.29 is 61.8 Å². The van der Waals surface area contributed by atoms with Crippen molar-refractivity contribution in [3.05, 3.63) is 186 Å². The number of aromatic nitrogens is 4. The lowest BCUT2D eigenvalue weighted by Gasteiger charge is -2.37. The number of nitriles is 1. The Labute approximate surface area is 622 Å². The minimum Gasteiger partial charge on any atom is -0.463 e. The summed E-state index contributed by atoms with van der Waals surface area (Å²) in [7, 11) is -1.69. The van der Waals surface area contributed by atoms with Crippen LogP contribution in [0.25, 0.3) is 64.6 Å². The van der Waals surface area contributed by atoms with Crippen LogP contribution < -0.4 is 22.5 Å². The van der Waals surface area contributed by atoms with E-state index in [4.69, 9.17) is 42.7 Å². The predicted molar refractivity (Wildman–Crippen MR) is 411 cm³/mol. The number of H-pyrrole nitrogens is 2. The van der Waals surface area contributed by atoms with Crippen molar-refractivity contribution in [1.82, 2.24) is 23.8 Å². The third-order valence-electron chi connectivity index (χ3n) is 19.9. The van der Waals surface area contributed by atoms with Crippen molar-refractivity contribution in [1.29, 1.82) is 5.26 Å². The molecule has 12 rings (SSSR count). The molecule has 10 aromatic rings. The largest absolute Gasteiger partial charge is 0.463 e. The van der Waals surface area contributed by atoms with Crippen LogP contribution in [0.5, 0.6) is 0 Å². The van der Waals surface area contributed by atoms with Crippen molar-refractivity contribution in [2.24, 2.45) is 0 Å². The number of hydrogen-bond acceptors (Lipinski definition) is 19. The van der Waals surface area contributed by atoms with Gasteiger partial charge in [0.1, 0.15) is 49.4 Å². The lowest BCUT2D eigenvalue weighted by Crippen LogP contribution is -2.36. The van der Waals surface area contributed by atoms with Gasteiger partial charge in [-0.1, -0.05) is 135 Å². The summed E-state index contributed by atoms with van der Waals surface area (Å²) in [5.41, 5.74) is 0.892. The number of nitrogens with zero attached hydrogens (tertiary/aromatic N) is 4. The van der Waals surface area contributed by atoms with Gasteiger partial charge in [0.2, 0.25) is 0 Å². The van der Waals surface area contributed by atoms with Gasteiger partial charge in [0.25, 0.3) is 19.6 Å². The van der Waals surface area contributed by atoms with E-state index in [2.05, 4.69) is 130 Å². The molecule has 0 saturated carbocycles. The Hall–Kier alpha value is -8.92. The fraction of sp³-hybridized carbons (Fsp3) is 0.458. The maximum atomic E-state index is 13.2. The molecule has 2 saturated heterocycles. The first kappa shape index (κ1) is 79.1. The van der Waals surface area contributed by atoms with E-state index in [0.717, 1.165) is 64.2 Å². The van der Waals surface area contributed by atoms with E-state index in [1.807, 2.05) is 27.7 Å². The monoisotopic (exact) mass is 1480 g/mol. The van der Waals surface area contributed by atoms with Gasteiger partial charge in [-0.25, -0.2) is 14.3 Å². The molecule has 7 atom stereocenters. The van der Waals surface area contributed by atoms with Crippen LogP contribution in [0.4, 0.5) is 0 Å². The Morgan fingerprint density at radius 2 is 0.963 bits per heavy atom. The van der Waals surface area contributed by atoms with Crippen LogP contribution in [0.15, 0.2) is 141 Å². The van der Waals surface area contributed by atoms with Gasteiger partial charge in [0.15, 0.2) is 0 Å². The molecule has 0 bridgehead atoms. The first-order valence-corrected chi connectivity index (χ1v) is 38.6. The molecule has 0 amide bonds. The number of nitrogens with one attached hydrogen (secondary N) is 2. The van der Waals surface area contributed by atoms with E-state index in [9.17, 15) is 43.5 Å². The van der Waals surface area contributed by atoms with Crippen LogP contribution in [-0.2, 0) is 82.7 Å². The highest BCUT2D eigenvalue weighted by atomic mass is 31.2. The summed E-state index contributed by atoms with van der Waals surface area (Å²) in [5.74, 6) is -1.37. The highest BCUT2D eigenvalue weighted by Crippen LogP contribution is 2.50. The third-order valence-corrected chi connectivity index (χ3v) is 22.0. The van der Waals surface area contributed by atoms with Gasteiger partial charge < -0.3 is 52.2 Å². The highest BCUT2D eigenvalue weighted by Gasteiger charge is 2.43. The molecule has 0 aliphatic carbocycles. The van der Waals surface area contributed by atoms with Gasteiger partial charge in [0.05, 0.1) is 68.5 Å². The van der Waals surface area contributed by atoms with E-state index >= 15 is 0 Å². The first-order chi connectivity index (χ1) is 51.7. The third kappa shape index (κ3) is 20.3. The number of ketones is 2. The quantitative estimate of drug-likeness (QED) is 0.0140. The molecule has 0 radical (unpaired) electrons. The van der Waals surface area contributed by atoms with E-state index < -0.39 is 79.8 Å². The number of aliphatic hydroxyl groups is 1. The minimum absolute atomic E-state index is 0.0119. The van der Waals surface area contributed by atoms with Crippen LogP contribution >= 0.6 is 8.53 Å². The standard InChI is InChI=1S/C46H57N4O9P.C37H40N2O8/c1-30(2)50(31(3)4)60(57-25-11-23-47)59-39-26-41(58-40(39)29-56-42(52)22-15-32(5)51)49-27-37(45(53)48-46(49)54)28-55-24-9-7-6-8-12-33-16-17-36-19-18-34-13-10-14-35-20-21-38(33)44(36)43(34)35;1-23(40)10-17-33(42)46-22-31-30(41)19-32(47-31)39-20-28(36(43)38-37(39)44)21-45-18-5-3-2-4-7-24-11-12-27-14-13-25-8-6-9-26-15-16-29(24)35(27)34(25)26/h10,13-14,16-21,27,30-31,39-41H,6-9,11-12,15,22,24-26,28-29H2,1-5H3,(H,48,53,54);6,8-9,11-16,20,30-32,41H,2-5,7,10,17-19,21-22H2,1H3,(H,38,43,44)/t39-,40+,41+,60?;30-,31+,32+/m00/s1. The van der Waals surface area contributed by atoms with Gasteiger partial charge in [-0.3, -0.25) is 38.3 Å². The SMILES string of the molecule is CC(=O)CCC(=O)OC[C@H]1O[C@@H](n2cc(COCCCCCCc3ccc4ccc5cccc6ccc3c4c56)c(=O)[nH]c2=O)C[C@@H]1O.CC(=O)CCC(=O)OC[C@H]1O[C@@H](n2cc(COCCCCCCc3ccc4ccc5cccc6ccc3c4c56)c(=O)[nH]c2=O)C[C@@H]1OP(OCCC#N)N(C(C)C)C(C)C. The van der Waals surface area contributed by atoms with E-state index in [0.29, 0.717) is 13.2 Å². The van der Waals surface area contributed by atoms with Gasteiger partial charge in [-0.15, -0.1) is 0 Å². The molecule has 566 valence electrons. The number of benzene rings is 8. The van der Waals surface area contributed by atoms with Crippen molar-refractivity contribution >= 4 is 96.7 Å². The lowest BCUT2D eigenvalue weighted by atomic mass is 9.90. The molecule has 24 heteroatoms. The number of rotatable bonds is 38. The molecule has 4 heterocycles. The Morgan fingerprint density at radius 1 is 0.542 bits per heavy atom. The van der Waals surface area contributed by atoms with Crippen LogP contribution in [0.2, 0.25) is 0 Å². The first-order valence-electron chi connectivity index (χ1n) is 37.4. The second-order valence-electron chi connectivity index (χ2n) is 28.5. The number of hydrogen-bond donors (Lipinski definition) is 3. The summed E-state index contributed by atoms with van der Waals surface area (Å²) >= 11 is 0. The van der Waals surface area contributed by atoms with Crippen molar-refractivity contribution in [3.8, 4) is 6.07 Å². The molecule has 3 N–H and O–H groups in total. The van der Waals surface area contributed by atoms with Gasteiger partial charge in [-0.2, -0.15) is 5.26 Å². The Kier molecular flexibility index (Phi) is 27.9. The predicted octanol–water partition coefficient (Wildman–Crippen LogP) is 13.9. The topological polar surface area (TPSA) is 299 Å². The second-order valence-corrected chi connectivity index (χ2v) is 29.9. The smallest absolute Gasteiger partial charge is 0.330 e. The lowest BCUT2D eigenvalue weighted by molar-refractivity contribution is -0.151. The molecule has 2 aliphatic rings. The van der Waals surface area contributed by atoms with Crippen LogP contribution in [0.3, 0.4) is 0 Å². The number of esters is 2. The molecular formula is C83H97N6O17P. The maximum absolute atomic E-state index is 13.2. The van der Waals surface area contributed by atoms with Crippen LogP contribution in [-0.4, -0.2) is 122 Å². The average molecular weight is 1480 g/mol. The minimum atomic E-state index is -1.69. The number of aromatic amines is 2. The van der Waals surface area contributed by atoms with E-state index in [-0.39, 0.29) is 113 Å². The molecule has 8 aromatic carbocycles. The number of carbonyl (C=O) groups is 4. The molecular weight excluding hydrogens is 1380 g/mol. The Bertz CT molecular complexity index is 4960. The molecule has 1 unspecified atom stereocenters. The van der Waals surface area contributed by atoms with Crippen molar-refractivity contribution in [3.63, 3.8) is 0 Å². The fourth-order valence-electron chi connectivity index (χ4n) is 14.5. The zero-order chi connectivity index (χ0) is 75.7. The van der Waals surface area contributed by atoms with Gasteiger partial charge >= 0.3 is 23.3 Å². The second kappa shape index (κ2) is 37.7. The van der Waals surface area contributed by atoms with E-state index in [1.165, 1.54) is 111 Å². The number of aliphatic hydroxyl groups excluding tert-OH is 1. The average Bonchev–Trinajstić information content (AvgIpc) is 1.64. The summed E-state index contributed by atoms with van der Waals surface area (Å²) in [5, 5.41) is 35.3. The number of carbonyl (C=O) groups excluding carboxylic acids is 4. The number of ether oxygens (including phenoxy) is 6. The zero-order valence-electron chi connectivity index (χ0n) is 61.9. The number of unbranched alkanes of at least 4 members (excludes halogenated alkanes) is 6. The number of Topliss-reactive ketones (excluding diaryl/α,β-unsaturated/α-hetero) is 2. The molecule has 2 aromatic heterocycles. The fourth-order valence-corrected chi connectivity index (χ4v) is 16.2. The summed E-state index contributed by atoms with van der Waals surface area (Å²) in [4.78, 5) is 103. The highest BCUT2D eigenvalue weighted by molar-refractivity contribution is 7.44. The summed E-state index contributed by atoms with van der Waals surface area (Å²) in [6.07, 6.45) is 8.19. The van der Waals surface area contributed by atoms with Gasteiger partial charge in [-0.05, 0) is 156 Å². The molecule has 23 nitrogen and oxygen atoms in total. The Balaban J connectivity index is 0.000000219. The van der Waals surface area contributed by atoms with Crippen molar-refractivity contribution in [2.45, 2.75) is 213 Å². The summed E-state index contributed by atoms with van der Waals surface area (Å²) in [6.45, 7) is 11.6. The normalized spacial score (nSPS) is 17.7. The van der Waals surface area contributed by atoms with Crippen LogP contribution in [0, 0.1) is 11.3 Å². The number of aryl methyl sites for hydroxylation is 2. The van der Waals surface area contributed by atoms with Crippen LogP contribution in [0.1, 0.15) is 173 Å². The van der Waals surface area contributed by atoms with Gasteiger partial charge in [0, 0.05) is 63.4 Å². The summed E-state index contributed by atoms with van der Waals surface area (Å²) < 4.78 is 51.8. The molecule has 0 spiro atoms.